The first-order valence-electron chi connectivity index (χ1n) is 15.0. The van der Waals surface area contributed by atoms with Gasteiger partial charge in [0.05, 0.1) is 19.6 Å². The van der Waals surface area contributed by atoms with Crippen molar-refractivity contribution in [1.29, 1.82) is 0 Å². The van der Waals surface area contributed by atoms with Crippen molar-refractivity contribution in [3.05, 3.63) is 60.2 Å². The van der Waals surface area contributed by atoms with Crippen LogP contribution in [0.2, 0.25) is 0 Å². The highest BCUT2D eigenvalue weighted by molar-refractivity contribution is 6.38. The third kappa shape index (κ3) is 9.71. The van der Waals surface area contributed by atoms with E-state index < -0.39 is 53.8 Å². The molecule has 0 saturated carbocycles. The topological polar surface area (TPSA) is 175 Å². The third-order valence-electron chi connectivity index (χ3n) is 7.69. The second-order valence-corrected chi connectivity index (χ2v) is 11.6. The molecule has 1 amide bonds. The van der Waals surface area contributed by atoms with E-state index in [9.17, 15) is 29.1 Å². The molecule has 3 rings (SSSR count). The number of aryl methyl sites for hydroxylation is 1. The van der Waals surface area contributed by atoms with Crippen LogP contribution in [-0.4, -0.2) is 84.7 Å². The average molecular weight is 656 g/mol. The number of hydrogen-bond donors (Lipinski definition) is 2. The number of nitrogens with zero attached hydrogens (tertiary/aromatic N) is 1. The SMILES string of the molecule is C=CC(=O)OCC(C)(C)C(=O)C(=O)N1CCCC[C@H]1C(=O)O[C@H](CCc1ccc(OC)c(OC)c1)c1ccc(O)c(OCC(=O)O)c1. The van der Waals surface area contributed by atoms with Crippen LogP contribution in [0.1, 0.15) is 56.8 Å². The molecule has 1 aliphatic heterocycles. The molecule has 1 aliphatic rings. The zero-order valence-corrected chi connectivity index (χ0v) is 27.0. The van der Waals surface area contributed by atoms with Gasteiger partial charge in [-0.25, -0.2) is 14.4 Å². The smallest absolute Gasteiger partial charge is 0.341 e. The number of rotatable bonds is 16. The Kier molecular flexibility index (Phi) is 12.8. The fourth-order valence-corrected chi connectivity index (χ4v) is 5.05. The number of carboxylic acid groups (broad SMARTS) is 1. The number of hydrogen-bond acceptors (Lipinski definition) is 11. The Balaban J connectivity index is 1.88. The van der Waals surface area contributed by atoms with Gasteiger partial charge in [-0.3, -0.25) is 9.59 Å². The molecule has 0 bridgehead atoms. The van der Waals surface area contributed by atoms with Crippen LogP contribution in [0.25, 0.3) is 0 Å². The van der Waals surface area contributed by atoms with E-state index in [0.29, 0.717) is 36.3 Å². The van der Waals surface area contributed by atoms with E-state index in [4.69, 9.17) is 28.8 Å². The van der Waals surface area contributed by atoms with Gasteiger partial charge in [-0.1, -0.05) is 18.7 Å². The lowest BCUT2D eigenvalue weighted by Gasteiger charge is -2.36. The number of aliphatic carboxylic acids is 1. The van der Waals surface area contributed by atoms with Crippen molar-refractivity contribution >= 4 is 29.6 Å². The number of methoxy groups -OCH3 is 2. The van der Waals surface area contributed by atoms with Crippen molar-refractivity contribution in [3.63, 3.8) is 0 Å². The van der Waals surface area contributed by atoms with Crippen molar-refractivity contribution in [2.75, 3.05) is 34.0 Å². The minimum absolute atomic E-state index is 0.114. The number of aromatic hydroxyl groups is 1. The number of phenols is 1. The normalized spacial score (nSPS) is 15.1. The molecule has 13 nitrogen and oxygen atoms in total. The van der Waals surface area contributed by atoms with Crippen LogP contribution < -0.4 is 14.2 Å². The van der Waals surface area contributed by atoms with Crippen molar-refractivity contribution in [2.45, 2.75) is 58.1 Å². The maximum Gasteiger partial charge on any atom is 0.341 e. The quantitative estimate of drug-likeness (QED) is 0.152. The summed E-state index contributed by atoms with van der Waals surface area (Å²) in [6.45, 7) is 5.36. The van der Waals surface area contributed by atoms with Crippen LogP contribution in [0, 0.1) is 5.41 Å². The molecule has 47 heavy (non-hydrogen) atoms. The van der Waals surface area contributed by atoms with Gasteiger partial charge < -0.3 is 38.8 Å². The van der Waals surface area contributed by atoms with Gasteiger partial charge in [0.1, 0.15) is 18.8 Å². The highest BCUT2D eigenvalue weighted by atomic mass is 16.5. The molecule has 2 atom stereocenters. The van der Waals surface area contributed by atoms with Gasteiger partial charge in [-0.2, -0.15) is 0 Å². The monoisotopic (exact) mass is 655 g/mol. The van der Waals surface area contributed by atoms with Crippen LogP contribution in [0.3, 0.4) is 0 Å². The molecule has 0 unspecified atom stereocenters. The summed E-state index contributed by atoms with van der Waals surface area (Å²) in [7, 11) is 3.03. The molecular weight excluding hydrogens is 614 g/mol. The Bertz CT molecular complexity index is 1480. The summed E-state index contributed by atoms with van der Waals surface area (Å²) in [4.78, 5) is 64.3. The van der Waals surface area contributed by atoms with E-state index in [0.717, 1.165) is 11.6 Å². The number of benzene rings is 2. The van der Waals surface area contributed by atoms with Gasteiger partial charge in [0.2, 0.25) is 5.78 Å². The molecule has 1 heterocycles. The van der Waals surface area contributed by atoms with Crippen LogP contribution in [-0.2, 0) is 39.9 Å². The van der Waals surface area contributed by atoms with Gasteiger partial charge in [0, 0.05) is 12.6 Å². The second kappa shape index (κ2) is 16.5. The van der Waals surface area contributed by atoms with Crippen LogP contribution in [0.4, 0.5) is 0 Å². The van der Waals surface area contributed by atoms with Crippen molar-refractivity contribution < 1.29 is 57.9 Å². The summed E-state index contributed by atoms with van der Waals surface area (Å²) in [5.74, 6) is -3.79. The van der Waals surface area contributed by atoms with Crippen LogP contribution >= 0.6 is 0 Å². The molecule has 254 valence electrons. The molecule has 0 aliphatic carbocycles. The Morgan fingerprint density at radius 1 is 1.02 bits per heavy atom. The molecule has 2 aromatic carbocycles. The minimum Gasteiger partial charge on any atom is -0.504 e. The zero-order valence-electron chi connectivity index (χ0n) is 27.0. The fraction of sp³-hybridized carbons (Fsp3) is 0.441. The molecule has 13 heteroatoms. The number of phenolic OH excluding ortho intramolecular Hbond substituents is 1. The van der Waals surface area contributed by atoms with E-state index in [1.54, 1.807) is 12.1 Å². The first-order chi connectivity index (χ1) is 22.3. The lowest BCUT2D eigenvalue weighted by atomic mass is 9.87. The maximum atomic E-state index is 13.8. The summed E-state index contributed by atoms with van der Waals surface area (Å²) < 4.78 is 27.0. The molecule has 1 fully saturated rings. The Morgan fingerprint density at radius 3 is 2.40 bits per heavy atom. The first kappa shape index (κ1) is 36.4. The second-order valence-electron chi connectivity index (χ2n) is 11.6. The van der Waals surface area contributed by atoms with E-state index in [2.05, 4.69) is 6.58 Å². The zero-order chi connectivity index (χ0) is 34.7. The lowest BCUT2D eigenvalue weighted by Crippen LogP contribution is -2.53. The highest BCUT2D eigenvalue weighted by Gasteiger charge is 2.42. The van der Waals surface area contributed by atoms with Gasteiger partial charge >= 0.3 is 17.9 Å². The minimum atomic E-state index is -1.36. The van der Waals surface area contributed by atoms with E-state index in [1.165, 1.54) is 51.2 Å². The van der Waals surface area contributed by atoms with E-state index in [-0.39, 0.29) is 37.5 Å². The van der Waals surface area contributed by atoms with Gasteiger partial charge in [-0.05, 0) is 81.3 Å². The van der Waals surface area contributed by atoms with Crippen molar-refractivity contribution in [2.24, 2.45) is 5.41 Å². The summed E-state index contributed by atoms with van der Waals surface area (Å²) in [5.41, 5.74) is -0.113. The lowest BCUT2D eigenvalue weighted by molar-refractivity contribution is -0.165. The number of carboxylic acids is 1. The Morgan fingerprint density at radius 2 is 1.74 bits per heavy atom. The largest absolute Gasteiger partial charge is 0.504 e. The van der Waals surface area contributed by atoms with Crippen molar-refractivity contribution in [1.82, 2.24) is 4.90 Å². The standard InChI is InChI=1S/C34H41NO12/c1-6-30(39)46-20-34(2,3)31(40)32(41)35-16-8-7-9-23(35)33(42)47-25(14-10-21-11-15-26(43-4)28(17-21)44-5)22-12-13-24(36)27(18-22)45-19-29(37)38/h6,11-13,15,17-18,23,25,36H,1,7-10,14,16,19-20H2,2-5H3,(H,37,38)/t23-,25+/m0/s1. The molecule has 2 N–H and O–H groups in total. The molecular formula is C34H41NO12. The molecule has 0 aromatic heterocycles. The van der Waals surface area contributed by atoms with Crippen molar-refractivity contribution in [3.8, 4) is 23.0 Å². The van der Waals surface area contributed by atoms with Gasteiger partial charge in [0.25, 0.3) is 5.91 Å². The number of likely N-dealkylation sites (tertiary alicyclic amines) is 1. The molecule has 1 saturated heterocycles. The molecule has 0 spiro atoms. The highest BCUT2D eigenvalue weighted by Crippen LogP contribution is 2.35. The summed E-state index contributed by atoms with van der Waals surface area (Å²) in [5, 5.41) is 19.3. The molecule has 0 radical (unpaired) electrons. The number of ketones is 1. The summed E-state index contributed by atoms with van der Waals surface area (Å²) in [6, 6.07) is 8.53. The Labute approximate surface area is 273 Å². The number of piperidine rings is 1. The van der Waals surface area contributed by atoms with Gasteiger partial charge in [0.15, 0.2) is 29.6 Å². The fourth-order valence-electron chi connectivity index (χ4n) is 5.05. The predicted octanol–water partition coefficient (Wildman–Crippen LogP) is 3.80. The number of carbonyl (C=O) groups is 5. The third-order valence-corrected chi connectivity index (χ3v) is 7.69. The average Bonchev–Trinajstić information content (AvgIpc) is 3.07. The van der Waals surface area contributed by atoms with Crippen LogP contribution in [0.15, 0.2) is 49.1 Å². The number of Topliss-reactive ketones (excluding diaryl/α,β-unsaturated/α-hetero) is 1. The van der Waals surface area contributed by atoms with E-state index >= 15 is 0 Å². The Hall–Kier alpha value is -5.07. The van der Waals surface area contributed by atoms with E-state index in [1.807, 2.05) is 6.07 Å². The number of ether oxygens (including phenoxy) is 5. The summed E-state index contributed by atoms with van der Waals surface area (Å²) in [6.07, 6.45) is 2.11. The molecule has 2 aromatic rings. The van der Waals surface area contributed by atoms with Gasteiger partial charge in [-0.15, -0.1) is 0 Å². The van der Waals surface area contributed by atoms with Crippen LogP contribution in [0.5, 0.6) is 23.0 Å². The maximum absolute atomic E-state index is 13.8. The number of esters is 2. The number of carbonyl (C=O) groups excluding carboxylic acids is 4. The predicted molar refractivity (Wildman–Crippen MR) is 167 cm³/mol. The first-order valence-corrected chi connectivity index (χ1v) is 15.0. The summed E-state index contributed by atoms with van der Waals surface area (Å²) >= 11 is 0. The number of amides is 1.